The first-order valence-corrected chi connectivity index (χ1v) is 3.31. The maximum atomic E-state index is 10.6. The van der Waals surface area contributed by atoms with Crippen LogP contribution < -0.4 is 11.3 Å². The van der Waals surface area contributed by atoms with Gasteiger partial charge in [-0.2, -0.15) is 5.10 Å². The number of hydrazine groups is 1. The Morgan fingerprint density at radius 2 is 2.78 bits per heavy atom. The van der Waals surface area contributed by atoms with E-state index in [4.69, 9.17) is 5.84 Å². The second kappa shape index (κ2) is 2.70. The lowest BCUT2D eigenvalue weighted by Crippen LogP contribution is -2.39. The topological polar surface area (TPSA) is 70.7 Å². The van der Waals surface area contributed by atoms with E-state index >= 15 is 0 Å². The number of nitrogens with zero attached hydrogens (tertiary/aromatic N) is 2. The second-order valence-corrected chi connectivity index (χ2v) is 2.17. The zero-order valence-corrected chi connectivity index (χ0v) is 5.39. The average molecular weight is 146 g/mol. The molecule has 2 amide bonds. The van der Waals surface area contributed by atoms with Crippen molar-refractivity contribution < 1.29 is 4.79 Å². The fraction of sp³-hybridized carbons (Fsp3) is 0.333. The Morgan fingerprint density at radius 1 is 2.00 bits per heavy atom. The van der Waals surface area contributed by atoms with Gasteiger partial charge in [-0.05, 0) is 0 Å². The van der Waals surface area contributed by atoms with Crippen LogP contribution in [0.4, 0.5) is 4.79 Å². The lowest BCUT2D eigenvalue weighted by Gasteiger charge is -2.07. The molecule has 0 radical (unpaired) electrons. The summed E-state index contributed by atoms with van der Waals surface area (Å²) >= 11 is 1.44. The molecule has 1 heterocycles. The van der Waals surface area contributed by atoms with Crippen molar-refractivity contribution in [1.29, 1.82) is 0 Å². The fourth-order valence-corrected chi connectivity index (χ4v) is 0.985. The van der Waals surface area contributed by atoms with Crippen molar-refractivity contribution in [3.63, 3.8) is 0 Å². The van der Waals surface area contributed by atoms with Crippen LogP contribution in [0.3, 0.4) is 0 Å². The van der Waals surface area contributed by atoms with Crippen molar-refractivity contribution in [2.45, 2.75) is 0 Å². The molecule has 9 heavy (non-hydrogen) atoms. The summed E-state index contributed by atoms with van der Waals surface area (Å²) in [6.07, 6.45) is 0. The van der Waals surface area contributed by atoms with E-state index in [9.17, 15) is 4.79 Å². The number of rotatable bonds is 0. The summed E-state index contributed by atoms with van der Waals surface area (Å²) in [6, 6.07) is -0.378. The first-order chi connectivity index (χ1) is 4.34. The Bertz CT molecular complexity index is 147. The number of carbonyl (C=O) groups excluding carboxylic acids is 1. The van der Waals surface area contributed by atoms with Gasteiger partial charge in [0, 0.05) is 0 Å². The maximum Gasteiger partial charge on any atom is 0.352 e. The van der Waals surface area contributed by atoms with Crippen LogP contribution in [-0.2, 0) is 0 Å². The first-order valence-electron chi connectivity index (χ1n) is 2.27. The molecule has 3 N–H and O–H groups in total. The minimum Gasteiger partial charge on any atom is -0.274 e. The number of hydrogen-bond acceptors (Lipinski definition) is 4. The molecule has 1 aliphatic rings. The molecule has 6 heteroatoms. The van der Waals surface area contributed by atoms with Crippen LogP contribution >= 0.6 is 11.8 Å². The third kappa shape index (κ3) is 1.33. The Labute approximate surface area is 56.2 Å². The van der Waals surface area contributed by atoms with E-state index in [0.29, 0.717) is 5.88 Å². The van der Waals surface area contributed by atoms with E-state index < -0.39 is 0 Å². The van der Waals surface area contributed by atoms with Gasteiger partial charge >= 0.3 is 6.03 Å². The van der Waals surface area contributed by atoms with Crippen LogP contribution in [-0.4, -0.2) is 22.5 Å². The summed E-state index contributed by atoms with van der Waals surface area (Å²) in [5.41, 5.74) is 3.56. The Kier molecular flexibility index (Phi) is 1.91. The number of nitrogens with one attached hydrogen (secondary N) is 1. The van der Waals surface area contributed by atoms with Crippen molar-refractivity contribution in [3.05, 3.63) is 0 Å². The third-order valence-electron chi connectivity index (χ3n) is 0.816. The van der Waals surface area contributed by atoms with Gasteiger partial charge in [-0.15, -0.1) is 0 Å². The van der Waals surface area contributed by atoms with Crippen molar-refractivity contribution >= 4 is 23.3 Å². The van der Waals surface area contributed by atoms with Crippen LogP contribution in [0.2, 0.25) is 0 Å². The molecule has 0 aromatic rings. The normalized spacial score (nSPS) is 16.3. The average Bonchev–Trinajstić information content (AvgIpc) is 2.37. The van der Waals surface area contributed by atoms with E-state index in [2.05, 4.69) is 5.10 Å². The van der Waals surface area contributed by atoms with Gasteiger partial charge in [0.25, 0.3) is 0 Å². The van der Waals surface area contributed by atoms with E-state index in [1.54, 1.807) is 5.55 Å². The van der Waals surface area contributed by atoms with E-state index in [1.165, 1.54) is 16.8 Å². The zero-order valence-electron chi connectivity index (χ0n) is 4.57. The number of carbonyl (C=O) groups is 1. The molecule has 0 aromatic heterocycles. The molecule has 0 saturated carbocycles. The number of hydrazone groups is 1. The highest BCUT2D eigenvalue weighted by Gasteiger charge is 2.12. The lowest BCUT2D eigenvalue weighted by molar-refractivity contribution is 0.210. The maximum absolute atomic E-state index is 10.6. The molecule has 0 unspecified atom stereocenters. The van der Waals surface area contributed by atoms with Gasteiger partial charge in [0.1, 0.15) is 0 Å². The summed E-state index contributed by atoms with van der Waals surface area (Å²) in [5.74, 6) is 5.37. The molecular weight excluding hydrogens is 140 g/mol. The highest BCUT2D eigenvalue weighted by molar-refractivity contribution is 8.12. The van der Waals surface area contributed by atoms with Gasteiger partial charge in [0.05, 0.1) is 11.4 Å². The Morgan fingerprint density at radius 3 is 3.22 bits per heavy atom. The van der Waals surface area contributed by atoms with E-state index in [1.807, 2.05) is 5.43 Å². The predicted octanol–water partition coefficient (Wildman–Crippen LogP) is -0.481. The third-order valence-corrected chi connectivity index (χ3v) is 1.45. The SMILES string of the molecule is NNC(=O)N1CSC=N1. The summed E-state index contributed by atoms with van der Waals surface area (Å²) in [4.78, 5) is 10.6. The smallest absolute Gasteiger partial charge is 0.274 e. The summed E-state index contributed by atoms with van der Waals surface area (Å²) in [5, 5.41) is 4.93. The number of urea groups is 1. The van der Waals surface area contributed by atoms with E-state index in [0.717, 1.165) is 0 Å². The van der Waals surface area contributed by atoms with Crippen molar-refractivity contribution in [2.24, 2.45) is 10.9 Å². The molecule has 0 bridgehead atoms. The predicted molar refractivity (Wildman–Crippen MR) is 35.5 cm³/mol. The highest BCUT2D eigenvalue weighted by atomic mass is 32.2. The van der Waals surface area contributed by atoms with Gasteiger partial charge in [0.2, 0.25) is 0 Å². The standard InChI is InChI=1S/C3H6N4OS/c4-6-3(8)7-2-9-1-5-7/h1H,2,4H2,(H,6,8). The van der Waals surface area contributed by atoms with Crippen LogP contribution in [0, 0.1) is 0 Å². The fourth-order valence-electron chi connectivity index (χ4n) is 0.413. The van der Waals surface area contributed by atoms with Crippen LogP contribution in [0.5, 0.6) is 0 Å². The van der Waals surface area contributed by atoms with Crippen molar-refractivity contribution in [2.75, 3.05) is 5.88 Å². The van der Waals surface area contributed by atoms with Gasteiger partial charge in [-0.3, -0.25) is 5.43 Å². The molecule has 5 nitrogen and oxygen atoms in total. The number of hydrogen-bond donors (Lipinski definition) is 2. The van der Waals surface area contributed by atoms with Crippen molar-refractivity contribution in [1.82, 2.24) is 10.4 Å². The monoisotopic (exact) mass is 146 g/mol. The molecular formula is C3H6N4OS. The van der Waals surface area contributed by atoms with Gasteiger partial charge in [0.15, 0.2) is 0 Å². The summed E-state index contributed by atoms with van der Waals surface area (Å²) < 4.78 is 0. The molecule has 0 aromatic carbocycles. The van der Waals surface area contributed by atoms with Crippen LogP contribution in [0.25, 0.3) is 0 Å². The lowest BCUT2D eigenvalue weighted by atomic mass is 11.0. The molecule has 50 valence electrons. The molecule has 0 saturated heterocycles. The molecule has 0 fully saturated rings. The quantitative estimate of drug-likeness (QED) is 0.275. The number of amides is 2. The largest absolute Gasteiger partial charge is 0.352 e. The summed E-state index contributed by atoms with van der Waals surface area (Å²) in [6.45, 7) is 0. The summed E-state index contributed by atoms with van der Waals surface area (Å²) in [7, 11) is 0. The van der Waals surface area contributed by atoms with Crippen LogP contribution in [0.15, 0.2) is 5.10 Å². The Hall–Kier alpha value is -0.750. The molecule has 1 rings (SSSR count). The number of nitrogens with two attached hydrogens (primary N) is 1. The van der Waals surface area contributed by atoms with Gasteiger partial charge in [-0.25, -0.2) is 15.6 Å². The minimum absolute atomic E-state index is 0.378. The molecule has 1 aliphatic heterocycles. The van der Waals surface area contributed by atoms with Crippen LogP contribution in [0.1, 0.15) is 0 Å². The Balaban J connectivity index is 2.43. The minimum atomic E-state index is -0.378. The van der Waals surface area contributed by atoms with E-state index in [-0.39, 0.29) is 6.03 Å². The highest BCUT2D eigenvalue weighted by Crippen LogP contribution is 2.08. The van der Waals surface area contributed by atoms with Gasteiger partial charge in [-0.1, -0.05) is 11.8 Å². The molecule has 0 spiro atoms. The molecule has 0 atom stereocenters. The zero-order chi connectivity index (χ0) is 6.69. The first kappa shape index (κ1) is 6.37. The van der Waals surface area contributed by atoms with Crippen molar-refractivity contribution in [3.8, 4) is 0 Å². The number of thioether (sulfide) groups is 1. The van der Waals surface area contributed by atoms with Gasteiger partial charge < -0.3 is 0 Å². The second-order valence-electron chi connectivity index (χ2n) is 1.37. The molecule has 0 aliphatic carbocycles.